The van der Waals surface area contributed by atoms with Gasteiger partial charge in [-0.25, -0.2) is 8.42 Å². The van der Waals surface area contributed by atoms with E-state index in [4.69, 9.17) is 5.73 Å². The Morgan fingerprint density at radius 1 is 1.39 bits per heavy atom. The van der Waals surface area contributed by atoms with Gasteiger partial charge in [0.25, 0.3) is 0 Å². The molecule has 0 unspecified atom stereocenters. The predicted molar refractivity (Wildman–Crippen MR) is 73.9 cm³/mol. The minimum Gasteiger partial charge on any atom is -0.384 e. The molecule has 0 radical (unpaired) electrons. The number of aryl methyl sites for hydroxylation is 1. The zero-order valence-electron chi connectivity index (χ0n) is 9.88. The van der Waals surface area contributed by atoms with Gasteiger partial charge in [0.15, 0.2) is 9.84 Å². The molecule has 0 saturated carbocycles. The van der Waals surface area contributed by atoms with E-state index < -0.39 is 9.84 Å². The molecule has 0 amide bonds. The summed E-state index contributed by atoms with van der Waals surface area (Å²) < 4.78 is 25.7. The molecule has 2 N–H and O–H groups in total. The standard InChI is InChI=1S/C11H12BrN3O2S/c1-15-10(13)6-8(14-15)11-7(12)4-3-5-9(11)18(2,16)17/h3-6H,13H2,1-2H3. The Labute approximate surface area is 114 Å². The maximum Gasteiger partial charge on any atom is 0.176 e. The van der Waals surface area contributed by atoms with Crippen molar-refractivity contribution in [3.05, 3.63) is 28.7 Å². The maximum absolute atomic E-state index is 11.8. The first-order valence-electron chi connectivity index (χ1n) is 5.09. The highest BCUT2D eigenvalue weighted by molar-refractivity contribution is 9.10. The molecule has 7 heteroatoms. The molecule has 18 heavy (non-hydrogen) atoms. The number of halogens is 1. The van der Waals surface area contributed by atoms with Gasteiger partial charge in [-0.05, 0) is 12.1 Å². The lowest BCUT2D eigenvalue weighted by Gasteiger charge is -2.07. The molecule has 1 aromatic heterocycles. The average Bonchev–Trinajstić information content (AvgIpc) is 2.57. The van der Waals surface area contributed by atoms with Crippen molar-refractivity contribution in [1.29, 1.82) is 0 Å². The van der Waals surface area contributed by atoms with E-state index in [9.17, 15) is 8.42 Å². The fraction of sp³-hybridized carbons (Fsp3) is 0.182. The van der Waals surface area contributed by atoms with Crippen LogP contribution in [0.25, 0.3) is 11.3 Å². The van der Waals surface area contributed by atoms with Crippen LogP contribution in [0.2, 0.25) is 0 Å². The number of sulfone groups is 1. The van der Waals surface area contributed by atoms with Crippen molar-refractivity contribution in [3.8, 4) is 11.3 Å². The number of aromatic nitrogens is 2. The molecule has 2 aromatic rings. The second-order valence-corrected chi connectivity index (χ2v) is 6.80. The average molecular weight is 330 g/mol. The smallest absolute Gasteiger partial charge is 0.176 e. The van der Waals surface area contributed by atoms with Gasteiger partial charge in [-0.15, -0.1) is 0 Å². The predicted octanol–water partition coefficient (Wildman–Crippen LogP) is 1.84. The number of benzene rings is 1. The molecule has 2 rings (SSSR count). The maximum atomic E-state index is 11.8. The van der Waals surface area contributed by atoms with Gasteiger partial charge in [-0.3, -0.25) is 4.68 Å². The van der Waals surface area contributed by atoms with E-state index in [1.165, 1.54) is 10.9 Å². The molecule has 0 aliphatic heterocycles. The van der Waals surface area contributed by atoms with Crippen molar-refractivity contribution >= 4 is 31.6 Å². The minimum atomic E-state index is -3.33. The lowest BCUT2D eigenvalue weighted by Crippen LogP contribution is -2.01. The lowest BCUT2D eigenvalue weighted by molar-refractivity contribution is 0.602. The third kappa shape index (κ3) is 2.28. The molecule has 5 nitrogen and oxygen atoms in total. The number of hydrogen-bond donors (Lipinski definition) is 1. The summed E-state index contributed by atoms with van der Waals surface area (Å²) in [4.78, 5) is 0.231. The molecule has 1 heterocycles. The van der Waals surface area contributed by atoms with Crippen molar-refractivity contribution in [3.63, 3.8) is 0 Å². The van der Waals surface area contributed by atoms with Gasteiger partial charge in [0.2, 0.25) is 0 Å². The van der Waals surface area contributed by atoms with Crippen molar-refractivity contribution < 1.29 is 8.42 Å². The van der Waals surface area contributed by atoms with Crippen LogP contribution in [0.15, 0.2) is 33.6 Å². The van der Waals surface area contributed by atoms with Crippen molar-refractivity contribution in [2.75, 3.05) is 12.0 Å². The van der Waals surface area contributed by atoms with Crippen LogP contribution in [0.1, 0.15) is 0 Å². The van der Waals surface area contributed by atoms with E-state index in [0.717, 1.165) is 0 Å². The summed E-state index contributed by atoms with van der Waals surface area (Å²) in [5.74, 6) is 0.472. The van der Waals surface area contributed by atoms with Crippen LogP contribution in [0.4, 0.5) is 5.82 Å². The molecule has 0 aliphatic carbocycles. The third-order valence-corrected chi connectivity index (χ3v) is 4.35. The van der Waals surface area contributed by atoms with E-state index in [1.54, 1.807) is 31.3 Å². The molecule has 1 aromatic carbocycles. The Morgan fingerprint density at radius 3 is 2.56 bits per heavy atom. The largest absolute Gasteiger partial charge is 0.384 e. The summed E-state index contributed by atoms with van der Waals surface area (Å²) in [6.07, 6.45) is 1.17. The topological polar surface area (TPSA) is 78.0 Å². The summed E-state index contributed by atoms with van der Waals surface area (Å²) in [7, 11) is -1.62. The highest BCUT2D eigenvalue weighted by Gasteiger charge is 2.19. The van der Waals surface area contributed by atoms with Gasteiger partial charge in [-0.1, -0.05) is 22.0 Å². The van der Waals surface area contributed by atoms with Crippen LogP contribution < -0.4 is 5.73 Å². The highest BCUT2D eigenvalue weighted by Crippen LogP contribution is 2.34. The second kappa shape index (κ2) is 4.40. The third-order valence-electron chi connectivity index (χ3n) is 2.55. The molecule has 0 bridgehead atoms. The Balaban J connectivity index is 2.78. The summed E-state index contributed by atoms with van der Waals surface area (Å²) in [6.45, 7) is 0. The molecule has 0 fully saturated rings. The zero-order valence-corrected chi connectivity index (χ0v) is 12.3. The molecular weight excluding hydrogens is 318 g/mol. The first-order chi connectivity index (χ1) is 8.30. The summed E-state index contributed by atoms with van der Waals surface area (Å²) in [5, 5.41) is 4.21. The van der Waals surface area contributed by atoms with Crippen molar-refractivity contribution in [1.82, 2.24) is 9.78 Å². The van der Waals surface area contributed by atoms with Gasteiger partial charge in [0.1, 0.15) is 5.82 Å². The van der Waals surface area contributed by atoms with Crippen LogP contribution >= 0.6 is 15.9 Å². The molecule has 0 atom stereocenters. The van der Waals surface area contributed by atoms with Gasteiger partial charge in [0, 0.05) is 29.4 Å². The lowest BCUT2D eigenvalue weighted by atomic mass is 10.1. The zero-order chi connectivity index (χ0) is 13.5. The molecule has 0 aliphatic rings. The van der Waals surface area contributed by atoms with E-state index in [-0.39, 0.29) is 4.90 Å². The Bertz CT molecular complexity index is 688. The fourth-order valence-corrected chi connectivity index (χ4v) is 3.28. The van der Waals surface area contributed by atoms with Gasteiger partial charge >= 0.3 is 0 Å². The quantitative estimate of drug-likeness (QED) is 0.911. The first-order valence-corrected chi connectivity index (χ1v) is 7.77. The van der Waals surface area contributed by atoms with Crippen LogP contribution in [0, 0.1) is 0 Å². The first kappa shape index (κ1) is 13.1. The van der Waals surface area contributed by atoms with Gasteiger partial charge in [0.05, 0.1) is 10.6 Å². The minimum absolute atomic E-state index is 0.231. The SMILES string of the molecule is Cn1nc(-c2c(Br)cccc2S(C)(=O)=O)cc1N. The number of hydrogen-bond acceptors (Lipinski definition) is 4. The summed E-state index contributed by atoms with van der Waals surface area (Å²) >= 11 is 3.36. The van der Waals surface area contributed by atoms with E-state index >= 15 is 0 Å². The summed E-state index contributed by atoms with van der Waals surface area (Å²) in [6, 6.07) is 6.65. The fourth-order valence-electron chi connectivity index (χ4n) is 1.67. The van der Waals surface area contributed by atoms with Crippen LogP contribution in [-0.2, 0) is 16.9 Å². The number of nitrogen functional groups attached to an aromatic ring is 1. The van der Waals surface area contributed by atoms with E-state index in [1.807, 2.05) is 0 Å². The molecule has 0 saturated heterocycles. The van der Waals surface area contributed by atoms with Gasteiger partial charge < -0.3 is 5.73 Å². The number of nitrogens with zero attached hydrogens (tertiary/aromatic N) is 2. The monoisotopic (exact) mass is 329 g/mol. The van der Waals surface area contributed by atoms with Gasteiger partial charge in [-0.2, -0.15) is 5.10 Å². The van der Waals surface area contributed by atoms with E-state index in [2.05, 4.69) is 21.0 Å². The Morgan fingerprint density at radius 2 is 2.06 bits per heavy atom. The second-order valence-electron chi connectivity index (χ2n) is 3.96. The highest BCUT2D eigenvalue weighted by atomic mass is 79.9. The summed E-state index contributed by atoms with van der Waals surface area (Å²) in [5.41, 5.74) is 6.79. The van der Waals surface area contributed by atoms with Crippen LogP contribution in [-0.4, -0.2) is 24.5 Å². The van der Waals surface area contributed by atoms with E-state index in [0.29, 0.717) is 21.5 Å². The van der Waals surface area contributed by atoms with Crippen molar-refractivity contribution in [2.24, 2.45) is 7.05 Å². The molecular formula is C11H12BrN3O2S. The molecule has 0 spiro atoms. The Kier molecular flexibility index (Phi) is 3.20. The van der Waals surface area contributed by atoms with Crippen molar-refractivity contribution in [2.45, 2.75) is 4.90 Å². The van der Waals surface area contributed by atoms with Crippen LogP contribution in [0.5, 0.6) is 0 Å². The Hall–Kier alpha value is -1.34. The number of rotatable bonds is 2. The normalized spacial score (nSPS) is 11.7. The number of nitrogens with two attached hydrogens (primary N) is 1. The van der Waals surface area contributed by atoms with Crippen LogP contribution in [0.3, 0.4) is 0 Å². The number of anilines is 1. The molecule has 96 valence electrons.